The van der Waals surface area contributed by atoms with Crippen LogP contribution in [0.25, 0.3) is 0 Å². The first-order chi connectivity index (χ1) is 6.65. The van der Waals surface area contributed by atoms with Crippen molar-refractivity contribution in [1.29, 1.82) is 0 Å². The summed E-state index contributed by atoms with van der Waals surface area (Å²) in [5.74, 6) is -1.24. The fraction of sp³-hybridized carbons (Fsp3) is 0.182. The Bertz CT molecular complexity index is 355. The SMILES string of the molecule is C=C(Oc1ccccc1CC)C(=O)[O-]. The standard InChI is InChI=1S/C11H12O3/c1-3-9-6-4-5-7-10(9)14-8(2)11(12)13/h4-7H,2-3H2,1H3,(H,12,13)/p-1. The van der Waals surface area contributed by atoms with Crippen LogP contribution in [0.1, 0.15) is 12.5 Å². The Hall–Kier alpha value is -1.77. The molecule has 0 N–H and O–H groups in total. The summed E-state index contributed by atoms with van der Waals surface area (Å²) in [7, 11) is 0. The maximum Gasteiger partial charge on any atom is 0.142 e. The van der Waals surface area contributed by atoms with Crippen LogP contribution in [-0.2, 0) is 11.2 Å². The van der Waals surface area contributed by atoms with Gasteiger partial charge < -0.3 is 14.6 Å². The van der Waals surface area contributed by atoms with Gasteiger partial charge in [0, 0.05) is 0 Å². The molecule has 3 nitrogen and oxygen atoms in total. The molecule has 0 spiro atoms. The van der Waals surface area contributed by atoms with Crippen molar-refractivity contribution < 1.29 is 14.6 Å². The Kier molecular flexibility index (Phi) is 3.29. The number of aryl methyl sites for hydroxylation is 1. The molecule has 1 rings (SSSR count). The van der Waals surface area contributed by atoms with E-state index in [0.717, 1.165) is 12.0 Å². The van der Waals surface area contributed by atoms with Crippen molar-refractivity contribution in [3.63, 3.8) is 0 Å². The van der Waals surface area contributed by atoms with Crippen LogP contribution >= 0.6 is 0 Å². The second-order valence-electron chi connectivity index (χ2n) is 2.77. The van der Waals surface area contributed by atoms with Crippen LogP contribution < -0.4 is 9.84 Å². The molecule has 0 aliphatic carbocycles. The maximum atomic E-state index is 10.4. The quantitative estimate of drug-likeness (QED) is 0.524. The van der Waals surface area contributed by atoms with Crippen molar-refractivity contribution in [1.82, 2.24) is 0 Å². The first kappa shape index (κ1) is 10.3. The van der Waals surface area contributed by atoms with Gasteiger partial charge in [0.25, 0.3) is 0 Å². The van der Waals surface area contributed by atoms with Gasteiger partial charge in [-0.25, -0.2) is 0 Å². The zero-order chi connectivity index (χ0) is 10.6. The number of hydrogen-bond acceptors (Lipinski definition) is 3. The lowest BCUT2D eigenvalue weighted by Crippen LogP contribution is -2.26. The van der Waals surface area contributed by atoms with Gasteiger partial charge in [0.1, 0.15) is 17.5 Å². The van der Waals surface area contributed by atoms with E-state index in [-0.39, 0.29) is 5.76 Å². The molecule has 0 aliphatic rings. The average Bonchev–Trinajstić information content (AvgIpc) is 2.18. The molecular weight excluding hydrogens is 180 g/mol. The van der Waals surface area contributed by atoms with Gasteiger partial charge >= 0.3 is 0 Å². The van der Waals surface area contributed by atoms with Crippen molar-refractivity contribution in [2.45, 2.75) is 13.3 Å². The molecule has 0 heterocycles. The Morgan fingerprint density at radius 3 is 2.71 bits per heavy atom. The summed E-state index contributed by atoms with van der Waals surface area (Å²) >= 11 is 0. The van der Waals surface area contributed by atoms with Crippen LogP contribution in [0.5, 0.6) is 5.75 Å². The zero-order valence-corrected chi connectivity index (χ0v) is 7.95. The predicted octanol–water partition coefficient (Wildman–Crippen LogP) is 0.891. The van der Waals surface area contributed by atoms with Gasteiger partial charge in [0.2, 0.25) is 0 Å². The number of benzene rings is 1. The molecular formula is C11H11O3-. The van der Waals surface area contributed by atoms with Crippen molar-refractivity contribution in [2.75, 3.05) is 0 Å². The summed E-state index contributed by atoms with van der Waals surface area (Å²) in [4.78, 5) is 10.4. The van der Waals surface area contributed by atoms with Crippen molar-refractivity contribution >= 4 is 5.97 Å². The molecule has 0 amide bonds. The molecule has 1 aromatic rings. The third-order valence-corrected chi connectivity index (χ3v) is 1.81. The number of carboxylic acid groups (broad SMARTS) is 1. The number of rotatable bonds is 4. The summed E-state index contributed by atoms with van der Waals surface area (Å²) in [6.07, 6.45) is 0.774. The normalized spacial score (nSPS) is 9.50. The van der Waals surface area contributed by atoms with Crippen LogP contribution in [0.15, 0.2) is 36.6 Å². The van der Waals surface area contributed by atoms with Crippen LogP contribution in [0, 0.1) is 0 Å². The lowest BCUT2D eigenvalue weighted by atomic mass is 10.1. The lowest BCUT2D eigenvalue weighted by molar-refractivity contribution is -0.301. The topological polar surface area (TPSA) is 49.4 Å². The summed E-state index contributed by atoms with van der Waals surface area (Å²) in [6.45, 7) is 5.20. The van der Waals surface area contributed by atoms with E-state index in [2.05, 4.69) is 6.58 Å². The first-order valence-corrected chi connectivity index (χ1v) is 4.31. The van der Waals surface area contributed by atoms with Gasteiger partial charge in [0.15, 0.2) is 0 Å². The molecule has 0 fully saturated rings. The predicted molar refractivity (Wildman–Crippen MR) is 50.6 cm³/mol. The van der Waals surface area contributed by atoms with E-state index in [1.807, 2.05) is 19.1 Å². The number of carboxylic acids is 1. The Labute approximate surface area is 82.6 Å². The van der Waals surface area contributed by atoms with Gasteiger partial charge in [0.05, 0.1) is 0 Å². The van der Waals surface area contributed by atoms with Crippen molar-refractivity contribution in [2.24, 2.45) is 0 Å². The number of carbonyl (C=O) groups is 1. The Morgan fingerprint density at radius 1 is 1.50 bits per heavy atom. The highest BCUT2D eigenvalue weighted by atomic mass is 16.5. The van der Waals surface area contributed by atoms with Gasteiger partial charge in [-0.2, -0.15) is 0 Å². The van der Waals surface area contributed by atoms with Crippen molar-refractivity contribution in [3.05, 3.63) is 42.2 Å². The van der Waals surface area contributed by atoms with E-state index in [0.29, 0.717) is 5.75 Å². The van der Waals surface area contributed by atoms with Crippen LogP contribution in [0.3, 0.4) is 0 Å². The highest BCUT2D eigenvalue weighted by Gasteiger charge is 2.03. The molecule has 0 bridgehead atoms. The van der Waals surface area contributed by atoms with Gasteiger partial charge in [-0.3, -0.25) is 0 Å². The molecule has 0 saturated carbocycles. The maximum absolute atomic E-state index is 10.4. The van der Waals surface area contributed by atoms with Gasteiger partial charge in [-0.15, -0.1) is 0 Å². The number of aliphatic carboxylic acids is 1. The van der Waals surface area contributed by atoms with Gasteiger partial charge in [-0.05, 0) is 18.1 Å². The monoisotopic (exact) mass is 191 g/mol. The highest BCUT2D eigenvalue weighted by molar-refractivity contribution is 5.82. The van der Waals surface area contributed by atoms with Crippen LogP contribution in [0.2, 0.25) is 0 Å². The Balaban J connectivity index is 2.85. The molecule has 0 radical (unpaired) electrons. The van der Waals surface area contributed by atoms with Crippen LogP contribution in [0.4, 0.5) is 0 Å². The number of ether oxygens (including phenoxy) is 1. The minimum absolute atomic E-state index is 0.370. The van der Waals surface area contributed by atoms with E-state index in [1.165, 1.54) is 0 Å². The second-order valence-corrected chi connectivity index (χ2v) is 2.77. The fourth-order valence-corrected chi connectivity index (χ4v) is 1.07. The summed E-state index contributed by atoms with van der Waals surface area (Å²) in [6, 6.07) is 7.22. The fourth-order valence-electron chi connectivity index (χ4n) is 1.07. The minimum atomic E-state index is -1.39. The van der Waals surface area contributed by atoms with E-state index >= 15 is 0 Å². The van der Waals surface area contributed by atoms with E-state index in [9.17, 15) is 9.90 Å². The lowest BCUT2D eigenvalue weighted by Gasteiger charge is -2.11. The smallest absolute Gasteiger partial charge is 0.142 e. The van der Waals surface area contributed by atoms with Gasteiger partial charge in [-0.1, -0.05) is 31.7 Å². The highest BCUT2D eigenvalue weighted by Crippen LogP contribution is 2.19. The zero-order valence-electron chi connectivity index (χ0n) is 7.95. The largest absolute Gasteiger partial charge is 0.542 e. The third-order valence-electron chi connectivity index (χ3n) is 1.81. The van der Waals surface area contributed by atoms with E-state index in [1.54, 1.807) is 12.1 Å². The molecule has 0 atom stereocenters. The minimum Gasteiger partial charge on any atom is -0.542 e. The number of para-hydroxylation sites is 1. The molecule has 0 unspecified atom stereocenters. The summed E-state index contributed by atoms with van der Waals surface area (Å²) in [5, 5.41) is 10.4. The van der Waals surface area contributed by atoms with Crippen LogP contribution in [-0.4, -0.2) is 5.97 Å². The molecule has 14 heavy (non-hydrogen) atoms. The molecule has 0 aromatic heterocycles. The second kappa shape index (κ2) is 4.46. The molecule has 1 aromatic carbocycles. The first-order valence-electron chi connectivity index (χ1n) is 4.31. The Morgan fingerprint density at radius 2 is 2.14 bits per heavy atom. The molecule has 74 valence electrons. The number of carbonyl (C=O) groups excluding carboxylic acids is 1. The average molecular weight is 191 g/mol. The molecule has 0 aliphatic heterocycles. The van der Waals surface area contributed by atoms with Crippen molar-refractivity contribution in [3.8, 4) is 5.75 Å². The number of hydrogen-bond donors (Lipinski definition) is 0. The molecule has 3 heteroatoms. The van der Waals surface area contributed by atoms with E-state index in [4.69, 9.17) is 4.74 Å². The van der Waals surface area contributed by atoms with E-state index < -0.39 is 5.97 Å². The molecule has 0 saturated heterocycles. The summed E-state index contributed by atoms with van der Waals surface area (Å²) in [5.41, 5.74) is 0.940. The third kappa shape index (κ3) is 2.36. The summed E-state index contributed by atoms with van der Waals surface area (Å²) < 4.78 is 5.04.